The summed E-state index contributed by atoms with van der Waals surface area (Å²) in [5.41, 5.74) is 0.0404. The Morgan fingerprint density at radius 3 is 1.23 bits per heavy atom. The highest BCUT2D eigenvalue weighted by molar-refractivity contribution is 6.44. The van der Waals surface area contributed by atoms with Crippen LogP contribution in [0.3, 0.4) is 0 Å². The second kappa shape index (κ2) is 6.94. The van der Waals surface area contributed by atoms with Crippen molar-refractivity contribution in [2.75, 3.05) is 0 Å². The average molecular weight is 296 g/mol. The molecular weight excluding hydrogens is 284 g/mol. The molecule has 0 spiro atoms. The van der Waals surface area contributed by atoms with Gasteiger partial charge in [-0.25, -0.2) is 9.59 Å². The molecule has 2 N–H and O–H groups in total. The number of rotatable bonds is 5. The molecule has 0 aliphatic heterocycles. The van der Waals surface area contributed by atoms with Crippen LogP contribution < -0.4 is 0 Å². The van der Waals surface area contributed by atoms with Crippen LogP contribution in [0.2, 0.25) is 0 Å². The van der Waals surface area contributed by atoms with Gasteiger partial charge in [0, 0.05) is 11.1 Å². The predicted molar refractivity (Wildman–Crippen MR) is 81.2 cm³/mol. The molecule has 0 aliphatic carbocycles. The Bertz CT molecular complexity index is 672. The minimum absolute atomic E-state index is 0.324. The molecule has 0 heterocycles. The fourth-order valence-corrected chi connectivity index (χ4v) is 1.74. The van der Waals surface area contributed by atoms with Crippen molar-refractivity contribution in [1.29, 1.82) is 0 Å². The van der Waals surface area contributed by atoms with E-state index in [-0.39, 0.29) is 11.4 Å². The van der Waals surface area contributed by atoms with Gasteiger partial charge >= 0.3 is 11.9 Å². The van der Waals surface area contributed by atoms with Crippen molar-refractivity contribution in [3.05, 3.63) is 71.8 Å². The number of carboxylic acids is 2. The van der Waals surface area contributed by atoms with Gasteiger partial charge in [-0.1, -0.05) is 60.7 Å². The standard InChI is InChI=1S/C16H12N2O4/c19-15(20)13(11-7-3-1-4-8-11)17-18-14(16(21)22)12-9-5-2-6-10-12/h1-10H,(H,19,20)(H,21,22)/b17-13+,18-14+. The summed E-state index contributed by atoms with van der Waals surface area (Å²) in [5.74, 6) is -2.57. The zero-order valence-electron chi connectivity index (χ0n) is 11.4. The third-order valence-electron chi connectivity index (χ3n) is 2.75. The number of benzene rings is 2. The first-order chi connectivity index (χ1) is 10.6. The van der Waals surface area contributed by atoms with E-state index in [0.29, 0.717) is 11.1 Å². The van der Waals surface area contributed by atoms with Crippen molar-refractivity contribution in [3.63, 3.8) is 0 Å². The number of hydrogen-bond acceptors (Lipinski definition) is 4. The Morgan fingerprint density at radius 1 is 0.636 bits per heavy atom. The van der Waals surface area contributed by atoms with Crippen molar-refractivity contribution < 1.29 is 19.8 Å². The molecule has 0 amide bonds. The quantitative estimate of drug-likeness (QED) is 0.651. The van der Waals surface area contributed by atoms with Crippen LogP contribution in [-0.4, -0.2) is 33.6 Å². The van der Waals surface area contributed by atoms with E-state index in [9.17, 15) is 19.8 Å². The van der Waals surface area contributed by atoms with Gasteiger partial charge in [-0.3, -0.25) is 0 Å². The molecule has 0 saturated carbocycles. The van der Waals surface area contributed by atoms with E-state index in [0.717, 1.165) is 0 Å². The topological polar surface area (TPSA) is 99.3 Å². The van der Waals surface area contributed by atoms with E-state index >= 15 is 0 Å². The number of hydrogen-bond donors (Lipinski definition) is 2. The first kappa shape index (κ1) is 15.1. The van der Waals surface area contributed by atoms with E-state index in [2.05, 4.69) is 10.2 Å². The van der Waals surface area contributed by atoms with Crippen molar-refractivity contribution in [3.8, 4) is 0 Å². The van der Waals surface area contributed by atoms with Crippen molar-refractivity contribution in [2.24, 2.45) is 10.2 Å². The summed E-state index contributed by atoms with van der Waals surface area (Å²) in [6.45, 7) is 0. The van der Waals surface area contributed by atoms with Gasteiger partial charge in [0.1, 0.15) is 0 Å². The maximum atomic E-state index is 11.3. The molecule has 2 rings (SSSR count). The van der Waals surface area contributed by atoms with Gasteiger partial charge in [0.2, 0.25) is 0 Å². The van der Waals surface area contributed by atoms with Crippen LogP contribution in [0.1, 0.15) is 11.1 Å². The molecule has 22 heavy (non-hydrogen) atoms. The Balaban J connectivity index is 2.47. The molecule has 6 heteroatoms. The Morgan fingerprint density at radius 2 is 0.955 bits per heavy atom. The molecule has 0 saturated heterocycles. The second-order valence-electron chi connectivity index (χ2n) is 4.24. The lowest BCUT2D eigenvalue weighted by molar-refractivity contribution is -0.130. The van der Waals surface area contributed by atoms with Gasteiger partial charge in [-0.2, -0.15) is 0 Å². The van der Waals surface area contributed by atoms with Gasteiger partial charge in [-0.15, -0.1) is 10.2 Å². The third kappa shape index (κ3) is 3.63. The molecule has 0 aliphatic rings. The summed E-state index contributed by atoms with van der Waals surface area (Å²) < 4.78 is 0. The molecule has 0 aromatic heterocycles. The Kier molecular flexibility index (Phi) is 4.77. The molecule has 0 unspecified atom stereocenters. The highest BCUT2D eigenvalue weighted by Crippen LogP contribution is 2.05. The summed E-state index contributed by atoms with van der Waals surface area (Å²) in [6.07, 6.45) is 0. The van der Waals surface area contributed by atoms with Gasteiger partial charge in [-0.05, 0) is 0 Å². The normalized spacial score (nSPS) is 12.0. The monoisotopic (exact) mass is 296 g/mol. The highest BCUT2D eigenvalue weighted by Gasteiger charge is 2.15. The van der Waals surface area contributed by atoms with Crippen LogP contribution in [0.15, 0.2) is 70.9 Å². The predicted octanol–water partition coefficient (Wildman–Crippen LogP) is 2.05. The summed E-state index contributed by atoms with van der Waals surface area (Å²) in [4.78, 5) is 22.5. The maximum Gasteiger partial charge on any atom is 0.357 e. The van der Waals surface area contributed by atoms with Crippen LogP contribution in [0.5, 0.6) is 0 Å². The van der Waals surface area contributed by atoms with E-state index in [1.807, 2.05) is 0 Å². The average Bonchev–Trinajstić information content (AvgIpc) is 2.52. The smallest absolute Gasteiger partial charge is 0.357 e. The van der Waals surface area contributed by atoms with Gasteiger partial charge < -0.3 is 10.2 Å². The maximum absolute atomic E-state index is 11.3. The van der Waals surface area contributed by atoms with E-state index in [1.54, 1.807) is 60.7 Å². The van der Waals surface area contributed by atoms with Gasteiger partial charge in [0.25, 0.3) is 0 Å². The molecule has 0 fully saturated rings. The Hall–Kier alpha value is -3.28. The molecule has 0 radical (unpaired) electrons. The van der Waals surface area contributed by atoms with Crippen LogP contribution in [0, 0.1) is 0 Å². The lowest BCUT2D eigenvalue weighted by Gasteiger charge is -2.01. The molecule has 2 aromatic carbocycles. The van der Waals surface area contributed by atoms with Gasteiger partial charge in [0.15, 0.2) is 11.4 Å². The first-order valence-electron chi connectivity index (χ1n) is 6.32. The van der Waals surface area contributed by atoms with Crippen molar-refractivity contribution in [1.82, 2.24) is 0 Å². The number of aliphatic carboxylic acids is 2. The number of carbonyl (C=O) groups is 2. The van der Waals surface area contributed by atoms with Gasteiger partial charge in [0.05, 0.1) is 0 Å². The largest absolute Gasteiger partial charge is 0.476 e. The van der Waals surface area contributed by atoms with Crippen LogP contribution in [0.4, 0.5) is 0 Å². The first-order valence-corrected chi connectivity index (χ1v) is 6.32. The van der Waals surface area contributed by atoms with Crippen molar-refractivity contribution >= 4 is 23.4 Å². The van der Waals surface area contributed by atoms with Crippen LogP contribution >= 0.6 is 0 Å². The van der Waals surface area contributed by atoms with E-state index in [4.69, 9.17) is 0 Å². The number of carboxylic acid groups (broad SMARTS) is 2. The third-order valence-corrected chi connectivity index (χ3v) is 2.75. The summed E-state index contributed by atoms with van der Waals surface area (Å²) in [5, 5.41) is 25.6. The summed E-state index contributed by atoms with van der Waals surface area (Å²) >= 11 is 0. The Labute approximate surface area is 126 Å². The minimum atomic E-state index is -1.28. The molecule has 110 valence electrons. The highest BCUT2D eigenvalue weighted by atomic mass is 16.4. The zero-order chi connectivity index (χ0) is 15.9. The fourth-order valence-electron chi connectivity index (χ4n) is 1.74. The van der Waals surface area contributed by atoms with Crippen LogP contribution in [-0.2, 0) is 9.59 Å². The van der Waals surface area contributed by atoms with E-state index in [1.165, 1.54) is 0 Å². The summed E-state index contributed by atoms with van der Waals surface area (Å²) in [6, 6.07) is 16.4. The van der Waals surface area contributed by atoms with E-state index < -0.39 is 11.9 Å². The zero-order valence-corrected chi connectivity index (χ0v) is 11.4. The van der Waals surface area contributed by atoms with Crippen molar-refractivity contribution in [2.45, 2.75) is 0 Å². The lowest BCUT2D eigenvalue weighted by atomic mass is 10.1. The lowest BCUT2D eigenvalue weighted by Crippen LogP contribution is -2.17. The van der Waals surface area contributed by atoms with Crippen LogP contribution in [0.25, 0.3) is 0 Å². The molecule has 2 aromatic rings. The second-order valence-corrected chi connectivity index (χ2v) is 4.24. The molecule has 0 atom stereocenters. The molecule has 6 nitrogen and oxygen atoms in total. The minimum Gasteiger partial charge on any atom is -0.476 e. The fraction of sp³-hybridized carbons (Fsp3) is 0. The molecule has 0 bridgehead atoms. The SMILES string of the molecule is O=C(O)/C(=N/N=C(/C(=O)O)c1ccccc1)c1ccccc1. The molecular formula is C16H12N2O4. The number of nitrogens with zero attached hydrogens (tertiary/aromatic N) is 2. The summed E-state index contributed by atoms with van der Waals surface area (Å²) in [7, 11) is 0.